The van der Waals surface area contributed by atoms with Crippen LogP contribution in [0.3, 0.4) is 0 Å². The maximum Gasteiger partial charge on any atom is 0.129 e. The third-order valence-corrected chi connectivity index (χ3v) is 4.62. The summed E-state index contributed by atoms with van der Waals surface area (Å²) in [5.41, 5.74) is 2.04. The van der Waals surface area contributed by atoms with Crippen molar-refractivity contribution in [3.8, 4) is 0 Å². The van der Waals surface area contributed by atoms with Gasteiger partial charge in [-0.25, -0.2) is 0 Å². The van der Waals surface area contributed by atoms with E-state index in [1.807, 2.05) is 42.5 Å². The lowest BCUT2D eigenvalue weighted by atomic mass is 9.81. The van der Waals surface area contributed by atoms with Gasteiger partial charge in [0.05, 0.1) is 26.4 Å². The van der Waals surface area contributed by atoms with E-state index >= 15 is 0 Å². The number of carbonyl (C=O) groups is 1. The lowest BCUT2D eigenvalue weighted by molar-refractivity contribution is -0.118. The van der Waals surface area contributed by atoms with Crippen molar-refractivity contribution in [2.24, 2.45) is 5.41 Å². The quantitative estimate of drug-likeness (QED) is 0.448. The molecule has 2 rings (SSSR count). The molecule has 0 unspecified atom stereocenters. The maximum atomic E-state index is 11.6. The molecule has 2 aromatic carbocycles. The van der Waals surface area contributed by atoms with Gasteiger partial charge in [-0.05, 0) is 30.9 Å². The van der Waals surface area contributed by atoms with E-state index in [-0.39, 0.29) is 11.2 Å². The van der Waals surface area contributed by atoms with E-state index < -0.39 is 0 Å². The number of ketones is 1. The minimum atomic E-state index is -0.239. The molecule has 144 valence electrons. The Morgan fingerprint density at radius 1 is 0.926 bits per heavy atom. The standard InChI is InChI=1S/C24H30O3/c1-3-15-24(16-14-21(2)25,19-26-17-22-10-6-4-7-11-22)20-27-18-23-12-8-5-9-13-23/h3-13H,1,14-20H2,2H3. The van der Waals surface area contributed by atoms with E-state index in [0.29, 0.717) is 32.8 Å². The number of hydrogen-bond donors (Lipinski definition) is 0. The lowest BCUT2D eigenvalue weighted by Gasteiger charge is -2.32. The fraction of sp³-hybridized carbons (Fsp3) is 0.375. The summed E-state index contributed by atoms with van der Waals surface area (Å²) in [6.07, 6.45) is 3.91. The van der Waals surface area contributed by atoms with E-state index in [0.717, 1.165) is 24.0 Å². The minimum Gasteiger partial charge on any atom is -0.376 e. The summed E-state index contributed by atoms with van der Waals surface area (Å²) in [6.45, 7) is 7.73. The largest absolute Gasteiger partial charge is 0.376 e. The number of allylic oxidation sites excluding steroid dienone is 1. The van der Waals surface area contributed by atoms with Crippen molar-refractivity contribution in [3.63, 3.8) is 0 Å². The topological polar surface area (TPSA) is 35.5 Å². The fourth-order valence-corrected chi connectivity index (χ4v) is 3.07. The average molecular weight is 367 g/mol. The summed E-state index contributed by atoms with van der Waals surface area (Å²) in [6, 6.07) is 20.2. The third-order valence-electron chi connectivity index (χ3n) is 4.62. The van der Waals surface area contributed by atoms with Crippen LogP contribution in [0.25, 0.3) is 0 Å². The van der Waals surface area contributed by atoms with E-state index in [4.69, 9.17) is 9.47 Å². The predicted molar refractivity (Wildman–Crippen MR) is 109 cm³/mol. The zero-order valence-electron chi connectivity index (χ0n) is 16.2. The fourth-order valence-electron chi connectivity index (χ4n) is 3.07. The highest BCUT2D eigenvalue weighted by Gasteiger charge is 2.30. The summed E-state index contributed by atoms with van der Waals surface area (Å²) in [5.74, 6) is 0.189. The van der Waals surface area contributed by atoms with Crippen LogP contribution in [0.2, 0.25) is 0 Å². The number of rotatable bonds is 13. The molecule has 0 N–H and O–H groups in total. The molecule has 27 heavy (non-hydrogen) atoms. The van der Waals surface area contributed by atoms with Crippen LogP contribution in [-0.2, 0) is 27.5 Å². The van der Waals surface area contributed by atoms with Crippen molar-refractivity contribution in [1.82, 2.24) is 0 Å². The smallest absolute Gasteiger partial charge is 0.129 e. The van der Waals surface area contributed by atoms with E-state index in [1.54, 1.807) is 6.92 Å². The molecule has 0 saturated heterocycles. The van der Waals surface area contributed by atoms with Crippen molar-refractivity contribution in [2.45, 2.75) is 39.4 Å². The van der Waals surface area contributed by atoms with Gasteiger partial charge in [0.15, 0.2) is 0 Å². The van der Waals surface area contributed by atoms with Crippen LogP contribution in [0.1, 0.15) is 37.3 Å². The Bertz CT molecular complexity index is 634. The Kier molecular flexibility index (Phi) is 8.96. The predicted octanol–water partition coefficient (Wildman–Crippen LogP) is 5.35. The van der Waals surface area contributed by atoms with Crippen LogP contribution < -0.4 is 0 Å². The SMILES string of the molecule is C=CCC(CCC(C)=O)(COCc1ccccc1)COCc1ccccc1. The normalized spacial score (nSPS) is 11.3. The number of carbonyl (C=O) groups excluding carboxylic acids is 1. The molecule has 0 bridgehead atoms. The maximum absolute atomic E-state index is 11.6. The average Bonchev–Trinajstić information content (AvgIpc) is 2.68. The first kappa shape index (κ1) is 21.1. The van der Waals surface area contributed by atoms with Gasteiger partial charge in [0.1, 0.15) is 5.78 Å². The van der Waals surface area contributed by atoms with Gasteiger partial charge < -0.3 is 14.3 Å². The summed E-state index contributed by atoms with van der Waals surface area (Å²) in [7, 11) is 0. The number of hydrogen-bond acceptors (Lipinski definition) is 3. The molecule has 3 heteroatoms. The van der Waals surface area contributed by atoms with Gasteiger partial charge in [-0.1, -0.05) is 66.7 Å². The lowest BCUT2D eigenvalue weighted by Crippen LogP contribution is -2.33. The Hall–Kier alpha value is -2.23. The van der Waals surface area contributed by atoms with Crippen LogP contribution in [0.15, 0.2) is 73.3 Å². The molecule has 0 atom stereocenters. The Balaban J connectivity index is 1.97. The molecule has 0 amide bonds. The molecule has 0 aliphatic rings. The molecular weight excluding hydrogens is 336 g/mol. The van der Waals surface area contributed by atoms with E-state index in [1.165, 1.54) is 0 Å². The first-order valence-corrected chi connectivity index (χ1v) is 9.47. The van der Waals surface area contributed by atoms with E-state index in [9.17, 15) is 4.79 Å². The van der Waals surface area contributed by atoms with Gasteiger partial charge in [-0.3, -0.25) is 0 Å². The van der Waals surface area contributed by atoms with Crippen LogP contribution >= 0.6 is 0 Å². The Labute approximate surface area is 163 Å². The van der Waals surface area contributed by atoms with Crippen molar-refractivity contribution in [3.05, 3.63) is 84.4 Å². The van der Waals surface area contributed by atoms with Gasteiger partial charge in [-0.15, -0.1) is 6.58 Å². The number of ether oxygens (including phenoxy) is 2. The summed E-state index contributed by atoms with van der Waals surface area (Å²) < 4.78 is 12.1. The molecule has 0 spiro atoms. The van der Waals surface area contributed by atoms with Crippen LogP contribution in [0, 0.1) is 5.41 Å². The van der Waals surface area contributed by atoms with Gasteiger partial charge >= 0.3 is 0 Å². The van der Waals surface area contributed by atoms with Gasteiger partial charge in [-0.2, -0.15) is 0 Å². The second kappa shape index (κ2) is 11.5. The Morgan fingerprint density at radius 2 is 1.41 bits per heavy atom. The van der Waals surface area contributed by atoms with E-state index in [2.05, 4.69) is 30.8 Å². The summed E-state index contributed by atoms with van der Waals surface area (Å²) in [4.78, 5) is 11.6. The third kappa shape index (κ3) is 7.90. The van der Waals surface area contributed by atoms with Gasteiger partial charge in [0.2, 0.25) is 0 Å². The molecule has 0 saturated carbocycles. The summed E-state index contributed by atoms with van der Waals surface area (Å²) >= 11 is 0. The molecule has 2 aromatic rings. The van der Waals surface area contributed by atoms with Crippen molar-refractivity contribution in [2.75, 3.05) is 13.2 Å². The van der Waals surface area contributed by atoms with Gasteiger partial charge in [0, 0.05) is 11.8 Å². The molecule has 0 aliphatic heterocycles. The molecule has 0 heterocycles. The molecule has 0 fully saturated rings. The van der Waals surface area contributed by atoms with Crippen molar-refractivity contribution < 1.29 is 14.3 Å². The molecule has 0 aliphatic carbocycles. The van der Waals surface area contributed by atoms with Crippen molar-refractivity contribution in [1.29, 1.82) is 0 Å². The van der Waals surface area contributed by atoms with Crippen LogP contribution in [-0.4, -0.2) is 19.0 Å². The first-order valence-electron chi connectivity index (χ1n) is 9.47. The molecule has 0 radical (unpaired) electrons. The van der Waals surface area contributed by atoms with Crippen LogP contribution in [0.5, 0.6) is 0 Å². The second-order valence-corrected chi connectivity index (χ2v) is 7.15. The molecular formula is C24H30O3. The zero-order chi connectivity index (χ0) is 19.4. The Morgan fingerprint density at radius 3 is 1.81 bits per heavy atom. The van der Waals surface area contributed by atoms with Gasteiger partial charge in [0.25, 0.3) is 0 Å². The number of Topliss-reactive ketones (excluding diaryl/α,β-unsaturated/α-hetero) is 1. The molecule has 0 aromatic heterocycles. The second-order valence-electron chi connectivity index (χ2n) is 7.15. The highest BCUT2D eigenvalue weighted by atomic mass is 16.5. The summed E-state index contributed by atoms with van der Waals surface area (Å²) in [5, 5.41) is 0. The minimum absolute atomic E-state index is 0.189. The van der Waals surface area contributed by atoms with Crippen molar-refractivity contribution >= 4 is 5.78 Å². The van der Waals surface area contributed by atoms with Crippen LogP contribution in [0.4, 0.5) is 0 Å². The number of benzene rings is 2. The highest BCUT2D eigenvalue weighted by molar-refractivity contribution is 5.75. The zero-order valence-corrected chi connectivity index (χ0v) is 16.2. The highest BCUT2D eigenvalue weighted by Crippen LogP contribution is 2.31. The molecule has 3 nitrogen and oxygen atoms in total. The first-order chi connectivity index (χ1) is 13.1. The monoisotopic (exact) mass is 366 g/mol.